The van der Waals surface area contributed by atoms with Crippen molar-refractivity contribution in [1.82, 2.24) is 10.2 Å². The molecule has 0 fully saturated rings. The van der Waals surface area contributed by atoms with Gasteiger partial charge in [0, 0.05) is 25.3 Å². The zero-order valence-electron chi connectivity index (χ0n) is 19.4. The van der Waals surface area contributed by atoms with Crippen LogP contribution in [-0.2, 0) is 28.3 Å². The van der Waals surface area contributed by atoms with Gasteiger partial charge in [-0.3, -0.25) is 9.59 Å². The molecule has 1 N–H and O–H groups in total. The van der Waals surface area contributed by atoms with E-state index >= 15 is 0 Å². The number of carbonyl (C=O) groups is 2. The molecule has 1 atom stereocenters. The number of nitrogens with one attached hydrogen (secondary N) is 1. The fourth-order valence-corrected chi connectivity index (χ4v) is 4.72. The van der Waals surface area contributed by atoms with Crippen LogP contribution in [0.1, 0.15) is 29.2 Å². The highest BCUT2D eigenvalue weighted by atomic mass is 32.2. The molecule has 0 aliphatic rings. The minimum Gasteiger partial charge on any atom is -0.355 e. The maximum atomic E-state index is 13.5. The second kappa shape index (κ2) is 12.9. The van der Waals surface area contributed by atoms with Crippen molar-refractivity contribution in [2.24, 2.45) is 0 Å². The smallest absolute Gasteiger partial charge is 0.243 e. The van der Waals surface area contributed by atoms with Crippen molar-refractivity contribution in [2.45, 2.75) is 38.6 Å². The summed E-state index contributed by atoms with van der Waals surface area (Å²) in [7, 11) is 0. The Bertz CT molecular complexity index is 1020. The second-order valence-corrected chi connectivity index (χ2v) is 9.01. The SMILES string of the molecule is CCNC(=O)[C@@H](Cc1ccccc1)N(Cc1ccccc1)C(=O)CSCc1ccccc1C. The van der Waals surface area contributed by atoms with Crippen molar-refractivity contribution in [3.63, 3.8) is 0 Å². The van der Waals surface area contributed by atoms with E-state index in [-0.39, 0.29) is 11.8 Å². The minimum atomic E-state index is -0.570. The lowest BCUT2D eigenvalue weighted by molar-refractivity contribution is -0.139. The van der Waals surface area contributed by atoms with E-state index in [0.717, 1.165) is 16.9 Å². The van der Waals surface area contributed by atoms with Crippen molar-refractivity contribution >= 4 is 23.6 Å². The Morgan fingerprint density at radius 1 is 0.879 bits per heavy atom. The highest BCUT2D eigenvalue weighted by molar-refractivity contribution is 7.99. The quantitative estimate of drug-likeness (QED) is 0.438. The first-order valence-electron chi connectivity index (χ1n) is 11.4. The third-order valence-electron chi connectivity index (χ3n) is 5.56. The topological polar surface area (TPSA) is 49.4 Å². The van der Waals surface area contributed by atoms with Gasteiger partial charge in [-0.25, -0.2) is 0 Å². The van der Waals surface area contributed by atoms with Gasteiger partial charge < -0.3 is 10.2 Å². The van der Waals surface area contributed by atoms with Crippen molar-refractivity contribution in [3.05, 3.63) is 107 Å². The summed E-state index contributed by atoms with van der Waals surface area (Å²) in [4.78, 5) is 28.3. The van der Waals surface area contributed by atoms with Gasteiger partial charge in [0.25, 0.3) is 0 Å². The molecular weight excluding hydrogens is 428 g/mol. The fourth-order valence-electron chi connectivity index (χ4n) is 3.73. The lowest BCUT2D eigenvalue weighted by Gasteiger charge is -2.31. The molecule has 3 aromatic carbocycles. The van der Waals surface area contributed by atoms with Gasteiger partial charge in [-0.2, -0.15) is 0 Å². The molecule has 0 aliphatic carbocycles. The molecule has 2 amide bonds. The summed E-state index contributed by atoms with van der Waals surface area (Å²) < 4.78 is 0. The molecule has 0 aliphatic heterocycles. The second-order valence-electron chi connectivity index (χ2n) is 8.03. The first kappa shape index (κ1) is 24.6. The Balaban J connectivity index is 1.81. The third-order valence-corrected chi connectivity index (χ3v) is 6.53. The lowest BCUT2D eigenvalue weighted by Crippen LogP contribution is -2.51. The molecule has 3 rings (SSSR count). The molecule has 4 nitrogen and oxygen atoms in total. The Labute approximate surface area is 201 Å². The van der Waals surface area contributed by atoms with Gasteiger partial charge in [0.05, 0.1) is 5.75 Å². The average Bonchev–Trinajstić information content (AvgIpc) is 2.84. The van der Waals surface area contributed by atoms with Gasteiger partial charge in [0.15, 0.2) is 0 Å². The van der Waals surface area contributed by atoms with E-state index in [4.69, 9.17) is 0 Å². The molecule has 0 saturated heterocycles. The molecule has 0 aromatic heterocycles. The molecule has 0 saturated carbocycles. The Morgan fingerprint density at radius 2 is 1.48 bits per heavy atom. The molecule has 3 aromatic rings. The first-order valence-corrected chi connectivity index (χ1v) is 12.5. The highest BCUT2D eigenvalue weighted by Crippen LogP contribution is 2.19. The van der Waals surface area contributed by atoms with Crippen LogP contribution >= 0.6 is 11.8 Å². The molecule has 0 radical (unpaired) electrons. The third kappa shape index (κ3) is 7.50. The molecule has 0 spiro atoms. The number of likely N-dealkylation sites (N-methyl/N-ethyl adjacent to an activating group) is 1. The number of hydrogen-bond donors (Lipinski definition) is 1. The minimum absolute atomic E-state index is 0.0235. The van der Waals surface area contributed by atoms with Gasteiger partial charge in [-0.1, -0.05) is 84.9 Å². The predicted molar refractivity (Wildman–Crippen MR) is 137 cm³/mol. The highest BCUT2D eigenvalue weighted by Gasteiger charge is 2.30. The standard InChI is InChI=1S/C28H32N2O2S/c1-3-29-28(32)26(18-23-13-6-4-7-14-23)30(19-24-15-8-5-9-16-24)27(31)21-33-20-25-17-11-10-12-22(25)2/h4-17,26H,3,18-21H2,1-2H3,(H,29,32)/t26-/m1/s1. The number of benzene rings is 3. The van der Waals surface area contributed by atoms with Gasteiger partial charge in [0.1, 0.15) is 6.04 Å². The number of aryl methyl sites for hydroxylation is 1. The van der Waals surface area contributed by atoms with E-state index in [2.05, 4.69) is 24.4 Å². The van der Waals surface area contributed by atoms with E-state index in [9.17, 15) is 9.59 Å². The van der Waals surface area contributed by atoms with Gasteiger partial charge in [-0.15, -0.1) is 11.8 Å². The summed E-state index contributed by atoms with van der Waals surface area (Å²) in [5.41, 5.74) is 4.50. The van der Waals surface area contributed by atoms with Crippen LogP contribution in [-0.4, -0.2) is 35.1 Å². The van der Waals surface area contributed by atoms with E-state index in [1.165, 1.54) is 11.1 Å². The Morgan fingerprint density at radius 3 is 2.12 bits per heavy atom. The van der Waals surface area contributed by atoms with E-state index in [0.29, 0.717) is 25.3 Å². The summed E-state index contributed by atoms with van der Waals surface area (Å²) in [5.74, 6) is 0.952. The normalized spacial score (nSPS) is 11.6. The molecular formula is C28H32N2O2S. The maximum Gasteiger partial charge on any atom is 0.243 e. The van der Waals surface area contributed by atoms with Crippen molar-refractivity contribution < 1.29 is 9.59 Å². The number of hydrogen-bond acceptors (Lipinski definition) is 3. The maximum absolute atomic E-state index is 13.5. The number of nitrogens with zero attached hydrogens (tertiary/aromatic N) is 1. The van der Waals surface area contributed by atoms with Gasteiger partial charge in [0.2, 0.25) is 11.8 Å². The van der Waals surface area contributed by atoms with Crippen LogP contribution in [0.15, 0.2) is 84.9 Å². The molecule has 172 valence electrons. The van der Waals surface area contributed by atoms with Crippen LogP contribution < -0.4 is 5.32 Å². The van der Waals surface area contributed by atoms with Crippen LogP contribution in [0.3, 0.4) is 0 Å². The number of amides is 2. The average molecular weight is 461 g/mol. The van der Waals surface area contributed by atoms with E-state index < -0.39 is 6.04 Å². The van der Waals surface area contributed by atoms with Crippen LogP contribution in [0.25, 0.3) is 0 Å². The molecule has 33 heavy (non-hydrogen) atoms. The van der Waals surface area contributed by atoms with Crippen LogP contribution in [0.2, 0.25) is 0 Å². The number of thioether (sulfide) groups is 1. The Kier molecular flexibility index (Phi) is 9.58. The van der Waals surface area contributed by atoms with Crippen LogP contribution in [0, 0.1) is 6.92 Å². The first-order chi connectivity index (χ1) is 16.1. The largest absolute Gasteiger partial charge is 0.355 e. The zero-order chi connectivity index (χ0) is 23.5. The molecule has 0 unspecified atom stereocenters. The van der Waals surface area contributed by atoms with Crippen LogP contribution in [0.4, 0.5) is 0 Å². The van der Waals surface area contributed by atoms with Gasteiger partial charge >= 0.3 is 0 Å². The predicted octanol–water partition coefficient (Wildman–Crippen LogP) is 5.00. The summed E-state index contributed by atoms with van der Waals surface area (Å²) in [6.07, 6.45) is 0.480. The van der Waals surface area contributed by atoms with E-state index in [1.54, 1.807) is 16.7 Å². The molecule has 0 heterocycles. The Hall–Kier alpha value is -3.05. The summed E-state index contributed by atoms with van der Waals surface area (Å²) in [5, 5.41) is 2.94. The number of carbonyl (C=O) groups excluding carboxylic acids is 2. The monoisotopic (exact) mass is 460 g/mol. The van der Waals surface area contributed by atoms with Crippen molar-refractivity contribution in [3.8, 4) is 0 Å². The van der Waals surface area contributed by atoms with Crippen molar-refractivity contribution in [2.75, 3.05) is 12.3 Å². The summed E-state index contributed by atoms with van der Waals surface area (Å²) in [6, 6.07) is 27.4. The number of rotatable bonds is 11. The zero-order valence-corrected chi connectivity index (χ0v) is 20.2. The van der Waals surface area contributed by atoms with E-state index in [1.807, 2.05) is 79.7 Å². The fraction of sp³-hybridized carbons (Fsp3) is 0.286. The summed E-state index contributed by atoms with van der Waals surface area (Å²) >= 11 is 1.59. The molecule has 0 bridgehead atoms. The van der Waals surface area contributed by atoms with Crippen LogP contribution in [0.5, 0.6) is 0 Å². The molecule has 5 heteroatoms. The van der Waals surface area contributed by atoms with Gasteiger partial charge in [-0.05, 0) is 36.1 Å². The lowest BCUT2D eigenvalue weighted by atomic mass is 10.0. The summed E-state index contributed by atoms with van der Waals surface area (Å²) in [6.45, 7) is 4.92. The van der Waals surface area contributed by atoms with Crippen molar-refractivity contribution in [1.29, 1.82) is 0 Å².